The van der Waals surface area contributed by atoms with Crippen molar-refractivity contribution in [2.45, 2.75) is 26.3 Å². The summed E-state index contributed by atoms with van der Waals surface area (Å²) in [7, 11) is 0. The first-order chi connectivity index (χ1) is 11.7. The highest BCUT2D eigenvalue weighted by atomic mass is 79.9. The summed E-state index contributed by atoms with van der Waals surface area (Å²) >= 11 is 3.49. The van der Waals surface area contributed by atoms with E-state index in [9.17, 15) is 4.79 Å². The number of likely N-dealkylation sites (tertiary alicyclic amines) is 1. The van der Waals surface area contributed by atoms with Crippen LogP contribution in [0.3, 0.4) is 0 Å². The lowest BCUT2D eigenvalue weighted by Gasteiger charge is -2.30. The third kappa shape index (κ3) is 4.02. The summed E-state index contributed by atoms with van der Waals surface area (Å²) in [6, 6.07) is 7.74. The summed E-state index contributed by atoms with van der Waals surface area (Å²) < 4.78 is 11.8. The summed E-state index contributed by atoms with van der Waals surface area (Å²) in [5.41, 5.74) is 0.874. The number of benzene rings is 1. The van der Waals surface area contributed by atoms with E-state index < -0.39 is 0 Å². The van der Waals surface area contributed by atoms with Crippen LogP contribution in [-0.4, -0.2) is 40.8 Å². The number of nitrogens with zero attached hydrogens (tertiary/aromatic N) is 3. The quantitative estimate of drug-likeness (QED) is 0.726. The van der Waals surface area contributed by atoms with E-state index in [2.05, 4.69) is 31.0 Å². The molecule has 1 aliphatic rings. The number of esters is 1. The maximum absolute atomic E-state index is 11.9. The van der Waals surface area contributed by atoms with E-state index in [1.54, 1.807) is 0 Å². The second kappa shape index (κ2) is 7.90. The van der Waals surface area contributed by atoms with Crippen molar-refractivity contribution < 1.29 is 13.9 Å². The van der Waals surface area contributed by atoms with Gasteiger partial charge in [-0.25, -0.2) is 0 Å². The Hall–Kier alpha value is -1.73. The maximum Gasteiger partial charge on any atom is 0.310 e. The fourth-order valence-electron chi connectivity index (χ4n) is 2.90. The molecule has 1 aromatic carbocycles. The number of halogens is 1. The number of hydrogen-bond donors (Lipinski definition) is 0. The molecule has 1 fully saturated rings. The summed E-state index contributed by atoms with van der Waals surface area (Å²) in [4.78, 5) is 14.1. The van der Waals surface area contributed by atoms with Crippen molar-refractivity contribution in [3.8, 4) is 11.5 Å². The van der Waals surface area contributed by atoms with Gasteiger partial charge in [-0.2, -0.15) is 0 Å². The molecule has 1 aromatic heterocycles. The molecule has 7 heteroatoms. The SMILES string of the molecule is CCOC(=O)[C@@H]1CCCN(Cc2nnc(-c3ccccc3Br)o2)C1. The highest BCUT2D eigenvalue weighted by molar-refractivity contribution is 9.10. The number of aromatic nitrogens is 2. The Morgan fingerprint density at radius 3 is 3.04 bits per heavy atom. The van der Waals surface area contributed by atoms with E-state index in [-0.39, 0.29) is 11.9 Å². The van der Waals surface area contributed by atoms with Crippen LogP contribution >= 0.6 is 15.9 Å². The Morgan fingerprint density at radius 2 is 2.25 bits per heavy atom. The van der Waals surface area contributed by atoms with E-state index in [0.717, 1.165) is 29.4 Å². The van der Waals surface area contributed by atoms with Gasteiger partial charge in [0, 0.05) is 11.0 Å². The van der Waals surface area contributed by atoms with Crippen molar-refractivity contribution >= 4 is 21.9 Å². The van der Waals surface area contributed by atoms with Crippen LogP contribution in [0.5, 0.6) is 0 Å². The van der Waals surface area contributed by atoms with E-state index in [4.69, 9.17) is 9.15 Å². The van der Waals surface area contributed by atoms with E-state index in [1.165, 1.54) is 0 Å². The molecule has 1 aliphatic heterocycles. The van der Waals surface area contributed by atoms with Gasteiger partial charge in [-0.05, 0) is 54.4 Å². The second-order valence-corrected chi connectivity index (χ2v) is 6.66. The monoisotopic (exact) mass is 393 g/mol. The van der Waals surface area contributed by atoms with Crippen LogP contribution in [0.1, 0.15) is 25.7 Å². The zero-order valence-corrected chi connectivity index (χ0v) is 15.2. The molecule has 0 N–H and O–H groups in total. The normalized spacial score (nSPS) is 18.5. The average molecular weight is 394 g/mol. The molecule has 6 nitrogen and oxygen atoms in total. The van der Waals surface area contributed by atoms with Crippen LogP contribution in [-0.2, 0) is 16.1 Å². The summed E-state index contributed by atoms with van der Waals surface area (Å²) in [5.74, 6) is 0.882. The predicted octanol–water partition coefficient (Wildman–Crippen LogP) is 3.27. The molecule has 24 heavy (non-hydrogen) atoms. The van der Waals surface area contributed by atoms with E-state index >= 15 is 0 Å². The molecular weight excluding hydrogens is 374 g/mol. The fourth-order valence-corrected chi connectivity index (χ4v) is 3.36. The first-order valence-corrected chi connectivity index (χ1v) is 8.93. The Labute approximate surface area is 149 Å². The largest absolute Gasteiger partial charge is 0.466 e. The van der Waals surface area contributed by atoms with Crippen molar-refractivity contribution in [3.05, 3.63) is 34.6 Å². The minimum atomic E-state index is -0.110. The van der Waals surface area contributed by atoms with Crippen LogP contribution in [0.2, 0.25) is 0 Å². The molecule has 1 saturated heterocycles. The fraction of sp³-hybridized carbons (Fsp3) is 0.471. The number of piperidine rings is 1. The third-order valence-corrected chi connectivity index (χ3v) is 4.75. The van der Waals surface area contributed by atoms with Gasteiger partial charge in [0.05, 0.1) is 24.6 Å². The van der Waals surface area contributed by atoms with E-state index in [0.29, 0.717) is 31.5 Å². The van der Waals surface area contributed by atoms with Crippen LogP contribution in [0.25, 0.3) is 11.5 Å². The zero-order chi connectivity index (χ0) is 16.9. The highest BCUT2D eigenvalue weighted by Crippen LogP contribution is 2.27. The molecule has 2 aromatic rings. The van der Waals surface area contributed by atoms with Gasteiger partial charge in [-0.15, -0.1) is 10.2 Å². The molecular formula is C17H20BrN3O3. The third-order valence-electron chi connectivity index (χ3n) is 4.06. The molecule has 0 unspecified atom stereocenters. The molecule has 128 valence electrons. The van der Waals surface area contributed by atoms with Crippen LogP contribution in [0.15, 0.2) is 33.2 Å². The minimum Gasteiger partial charge on any atom is -0.466 e. The Balaban J connectivity index is 1.64. The summed E-state index contributed by atoms with van der Waals surface area (Å²) in [6.45, 7) is 4.40. The van der Waals surface area contributed by atoms with Gasteiger partial charge < -0.3 is 9.15 Å². The smallest absolute Gasteiger partial charge is 0.310 e. The highest BCUT2D eigenvalue weighted by Gasteiger charge is 2.27. The van der Waals surface area contributed by atoms with Gasteiger partial charge in [0.1, 0.15) is 0 Å². The first kappa shape index (κ1) is 17.1. The second-order valence-electron chi connectivity index (χ2n) is 5.81. The van der Waals surface area contributed by atoms with Gasteiger partial charge in [0.25, 0.3) is 0 Å². The number of hydrogen-bond acceptors (Lipinski definition) is 6. The topological polar surface area (TPSA) is 68.5 Å². The first-order valence-electron chi connectivity index (χ1n) is 8.13. The summed E-state index contributed by atoms with van der Waals surface area (Å²) in [5, 5.41) is 8.27. The van der Waals surface area contributed by atoms with Crippen LogP contribution in [0, 0.1) is 5.92 Å². The van der Waals surface area contributed by atoms with Gasteiger partial charge in [-0.3, -0.25) is 9.69 Å². The molecule has 0 bridgehead atoms. The molecule has 2 heterocycles. The maximum atomic E-state index is 11.9. The Bertz CT molecular complexity index is 704. The molecule has 0 aliphatic carbocycles. The molecule has 0 saturated carbocycles. The molecule has 1 atom stereocenters. The average Bonchev–Trinajstić information content (AvgIpc) is 3.04. The van der Waals surface area contributed by atoms with E-state index in [1.807, 2.05) is 31.2 Å². The van der Waals surface area contributed by atoms with Crippen molar-refractivity contribution in [2.24, 2.45) is 5.92 Å². The molecule has 0 amide bonds. The van der Waals surface area contributed by atoms with Gasteiger partial charge >= 0.3 is 5.97 Å². The predicted molar refractivity (Wildman–Crippen MR) is 92.1 cm³/mol. The van der Waals surface area contributed by atoms with Gasteiger partial charge in [0.15, 0.2) is 0 Å². The Kier molecular flexibility index (Phi) is 5.63. The van der Waals surface area contributed by atoms with Crippen molar-refractivity contribution in [2.75, 3.05) is 19.7 Å². The van der Waals surface area contributed by atoms with Crippen molar-refractivity contribution in [3.63, 3.8) is 0 Å². The number of ether oxygens (including phenoxy) is 1. The van der Waals surface area contributed by atoms with Gasteiger partial charge in [-0.1, -0.05) is 12.1 Å². The van der Waals surface area contributed by atoms with Gasteiger partial charge in [0.2, 0.25) is 11.8 Å². The lowest BCUT2D eigenvalue weighted by molar-refractivity contribution is -0.150. The van der Waals surface area contributed by atoms with Crippen molar-refractivity contribution in [1.29, 1.82) is 0 Å². The zero-order valence-electron chi connectivity index (χ0n) is 13.6. The number of carbonyl (C=O) groups is 1. The van der Waals surface area contributed by atoms with Crippen LogP contribution in [0.4, 0.5) is 0 Å². The van der Waals surface area contributed by atoms with Crippen LogP contribution < -0.4 is 0 Å². The molecule has 0 spiro atoms. The van der Waals surface area contributed by atoms with Crippen molar-refractivity contribution in [1.82, 2.24) is 15.1 Å². The number of carbonyl (C=O) groups excluding carboxylic acids is 1. The number of rotatable bonds is 5. The standard InChI is InChI=1S/C17H20BrN3O3/c1-2-23-17(22)12-6-5-9-21(10-12)11-15-19-20-16(24-15)13-7-3-4-8-14(13)18/h3-4,7-8,12H,2,5-6,9-11H2,1H3/t12-/m1/s1. The molecule has 3 rings (SSSR count). The minimum absolute atomic E-state index is 0.0654. The lowest BCUT2D eigenvalue weighted by atomic mass is 9.98. The lowest BCUT2D eigenvalue weighted by Crippen LogP contribution is -2.39. The molecule has 0 radical (unpaired) electrons. The Morgan fingerprint density at radius 1 is 1.42 bits per heavy atom. The summed E-state index contributed by atoms with van der Waals surface area (Å²) in [6.07, 6.45) is 1.84.